The van der Waals surface area contributed by atoms with E-state index in [4.69, 9.17) is 4.74 Å². The second-order valence-electron chi connectivity index (χ2n) is 8.37. The van der Waals surface area contributed by atoms with Crippen LogP contribution >= 0.6 is 0 Å². The fourth-order valence-corrected chi connectivity index (χ4v) is 5.20. The lowest BCUT2D eigenvalue weighted by atomic mass is 9.76. The molecule has 0 aliphatic carbocycles. The number of likely N-dealkylation sites (tertiary alicyclic amines) is 1. The van der Waals surface area contributed by atoms with Crippen LogP contribution in [0.4, 0.5) is 4.39 Å². The van der Waals surface area contributed by atoms with Crippen molar-refractivity contribution in [3.63, 3.8) is 0 Å². The lowest BCUT2D eigenvalue weighted by molar-refractivity contribution is -0.120. The quantitative estimate of drug-likeness (QED) is 0.673. The lowest BCUT2D eigenvalue weighted by Crippen LogP contribution is -2.58. The third-order valence-electron chi connectivity index (χ3n) is 6.56. The molecule has 0 bridgehead atoms. The number of aromatic nitrogens is 1. The third-order valence-corrected chi connectivity index (χ3v) is 6.56. The largest absolute Gasteiger partial charge is 0.496 e. The second kappa shape index (κ2) is 7.41. The summed E-state index contributed by atoms with van der Waals surface area (Å²) in [5.41, 5.74) is 1.58. The summed E-state index contributed by atoms with van der Waals surface area (Å²) < 4.78 is 19.1. The Morgan fingerprint density at radius 3 is 2.71 bits per heavy atom. The molecule has 6 nitrogen and oxygen atoms in total. The number of carbonyl (C=O) groups excluding carboxylic acids is 2. The topological polar surface area (TPSA) is 74.4 Å². The highest BCUT2D eigenvalue weighted by Gasteiger charge is 2.51. The molecule has 1 aromatic heterocycles. The Labute approximate surface area is 179 Å². The number of nitrogens with zero attached hydrogens (tertiary/aromatic N) is 1. The number of aromatic amines is 1. The number of hydrogen-bond acceptors (Lipinski definition) is 3. The Kier molecular flexibility index (Phi) is 4.68. The van der Waals surface area contributed by atoms with E-state index in [2.05, 4.69) is 10.3 Å². The molecule has 2 aromatic carbocycles. The monoisotopic (exact) mass is 421 g/mol. The van der Waals surface area contributed by atoms with Crippen molar-refractivity contribution in [3.8, 4) is 5.75 Å². The maximum absolute atomic E-state index is 13.7. The van der Waals surface area contributed by atoms with Gasteiger partial charge >= 0.3 is 0 Å². The van der Waals surface area contributed by atoms with E-state index >= 15 is 0 Å². The number of benzene rings is 2. The van der Waals surface area contributed by atoms with Gasteiger partial charge in [0.05, 0.1) is 18.7 Å². The van der Waals surface area contributed by atoms with E-state index in [1.54, 1.807) is 19.2 Å². The van der Waals surface area contributed by atoms with Gasteiger partial charge in [-0.15, -0.1) is 0 Å². The molecule has 7 heteroatoms. The smallest absolute Gasteiger partial charge is 0.270 e. The zero-order valence-electron chi connectivity index (χ0n) is 17.3. The predicted molar refractivity (Wildman–Crippen MR) is 114 cm³/mol. The van der Waals surface area contributed by atoms with E-state index in [9.17, 15) is 14.0 Å². The molecule has 2 aliphatic heterocycles. The number of methoxy groups -OCH3 is 1. The molecule has 2 atom stereocenters. The van der Waals surface area contributed by atoms with Gasteiger partial charge in [-0.3, -0.25) is 9.59 Å². The maximum atomic E-state index is 13.7. The molecule has 160 valence electrons. The van der Waals surface area contributed by atoms with Crippen LogP contribution in [0.2, 0.25) is 0 Å². The average Bonchev–Trinajstić information content (AvgIpc) is 3.37. The lowest BCUT2D eigenvalue weighted by Gasteiger charge is -2.48. The normalized spacial score (nSPS) is 23.4. The standard InChI is InChI=1S/C24H24FN3O3/c1-31-20-5-2-4-18-17(20)14-19(26-18)23(30)28-13-3-11-24(12-10-21(29)27-24)22(28)15-6-8-16(25)9-7-15/h2,4-9,14,22,26H,3,10-13H2,1H3,(H,27,29)/t22-,24+/m1/s1. The Morgan fingerprint density at radius 2 is 2.00 bits per heavy atom. The van der Waals surface area contributed by atoms with Crippen molar-refractivity contribution in [2.45, 2.75) is 37.3 Å². The van der Waals surface area contributed by atoms with Crippen molar-refractivity contribution in [2.75, 3.05) is 13.7 Å². The van der Waals surface area contributed by atoms with Crippen molar-refractivity contribution in [1.29, 1.82) is 0 Å². The number of rotatable bonds is 3. The summed E-state index contributed by atoms with van der Waals surface area (Å²) in [7, 11) is 1.60. The molecule has 2 aliphatic rings. The molecule has 1 spiro atoms. The van der Waals surface area contributed by atoms with Gasteiger partial charge in [0, 0.05) is 23.9 Å². The molecule has 2 fully saturated rings. The van der Waals surface area contributed by atoms with Crippen LogP contribution in [0.1, 0.15) is 47.8 Å². The molecule has 2 saturated heterocycles. The Bertz CT molecular complexity index is 1160. The number of amides is 2. The van der Waals surface area contributed by atoms with Crippen molar-refractivity contribution in [1.82, 2.24) is 15.2 Å². The highest BCUT2D eigenvalue weighted by Crippen LogP contribution is 2.45. The molecule has 5 rings (SSSR count). The SMILES string of the molecule is COc1cccc2[nH]c(C(=O)N3CCC[C@]4(CCC(=O)N4)[C@H]3c3ccc(F)cc3)cc12. The van der Waals surface area contributed by atoms with Gasteiger partial charge in [-0.25, -0.2) is 4.39 Å². The summed E-state index contributed by atoms with van der Waals surface area (Å²) >= 11 is 0. The predicted octanol–water partition coefficient (Wildman–Crippen LogP) is 3.94. The summed E-state index contributed by atoms with van der Waals surface area (Å²) in [5, 5.41) is 4.00. The number of piperidine rings is 1. The number of fused-ring (bicyclic) bond motifs is 1. The third kappa shape index (κ3) is 3.24. The van der Waals surface area contributed by atoms with Gasteiger partial charge in [-0.1, -0.05) is 18.2 Å². The molecule has 2 amide bonds. The van der Waals surface area contributed by atoms with Crippen LogP contribution < -0.4 is 10.1 Å². The molecule has 0 unspecified atom stereocenters. The molecule has 2 N–H and O–H groups in total. The van der Waals surface area contributed by atoms with Gasteiger partial charge in [-0.05, 0) is 55.2 Å². The first kappa shape index (κ1) is 19.6. The molecule has 0 saturated carbocycles. The van der Waals surface area contributed by atoms with E-state index in [0.29, 0.717) is 30.8 Å². The minimum atomic E-state index is -0.535. The van der Waals surface area contributed by atoms with E-state index < -0.39 is 5.54 Å². The van der Waals surface area contributed by atoms with E-state index in [-0.39, 0.29) is 23.7 Å². The number of carbonyl (C=O) groups is 2. The maximum Gasteiger partial charge on any atom is 0.270 e. The zero-order chi connectivity index (χ0) is 21.6. The Hall–Kier alpha value is -3.35. The number of hydrogen-bond donors (Lipinski definition) is 2. The van der Waals surface area contributed by atoms with E-state index in [0.717, 1.165) is 29.3 Å². The Balaban J connectivity index is 1.58. The molecule has 0 radical (unpaired) electrons. The van der Waals surface area contributed by atoms with Gasteiger partial charge < -0.3 is 19.9 Å². The van der Waals surface area contributed by atoms with E-state index in [1.807, 2.05) is 29.2 Å². The van der Waals surface area contributed by atoms with Crippen molar-refractivity contribution < 1.29 is 18.7 Å². The Morgan fingerprint density at radius 1 is 1.19 bits per heavy atom. The van der Waals surface area contributed by atoms with Crippen LogP contribution in [-0.4, -0.2) is 40.9 Å². The van der Waals surface area contributed by atoms with Crippen molar-refractivity contribution >= 4 is 22.7 Å². The van der Waals surface area contributed by atoms with Crippen LogP contribution in [-0.2, 0) is 4.79 Å². The number of nitrogens with one attached hydrogen (secondary N) is 2. The zero-order valence-corrected chi connectivity index (χ0v) is 17.3. The summed E-state index contributed by atoms with van der Waals surface area (Å²) in [4.78, 5) is 30.9. The molecule has 3 aromatic rings. The molecule has 31 heavy (non-hydrogen) atoms. The minimum Gasteiger partial charge on any atom is -0.496 e. The molecule has 3 heterocycles. The van der Waals surface area contributed by atoms with Crippen LogP contribution in [0.25, 0.3) is 10.9 Å². The fourth-order valence-electron chi connectivity index (χ4n) is 5.20. The number of H-pyrrole nitrogens is 1. The van der Waals surface area contributed by atoms with Gasteiger partial charge in [0.2, 0.25) is 5.91 Å². The van der Waals surface area contributed by atoms with Crippen molar-refractivity contribution in [3.05, 3.63) is 65.6 Å². The first-order valence-electron chi connectivity index (χ1n) is 10.5. The molecular weight excluding hydrogens is 397 g/mol. The van der Waals surface area contributed by atoms with Crippen LogP contribution in [0, 0.1) is 5.82 Å². The van der Waals surface area contributed by atoms with Crippen LogP contribution in [0.15, 0.2) is 48.5 Å². The average molecular weight is 421 g/mol. The van der Waals surface area contributed by atoms with Crippen LogP contribution in [0.5, 0.6) is 5.75 Å². The van der Waals surface area contributed by atoms with Gasteiger partial charge in [0.1, 0.15) is 17.3 Å². The number of halogens is 1. The van der Waals surface area contributed by atoms with Gasteiger partial charge in [-0.2, -0.15) is 0 Å². The van der Waals surface area contributed by atoms with Gasteiger partial charge in [0.15, 0.2) is 0 Å². The first-order valence-corrected chi connectivity index (χ1v) is 10.5. The highest BCUT2D eigenvalue weighted by molar-refractivity contribution is 6.00. The highest BCUT2D eigenvalue weighted by atomic mass is 19.1. The summed E-state index contributed by atoms with van der Waals surface area (Å²) in [6.45, 7) is 0.561. The number of ether oxygens (including phenoxy) is 1. The van der Waals surface area contributed by atoms with E-state index in [1.165, 1.54) is 12.1 Å². The second-order valence-corrected chi connectivity index (χ2v) is 8.37. The first-order chi connectivity index (χ1) is 15.0. The summed E-state index contributed by atoms with van der Waals surface area (Å²) in [5.74, 6) is 0.218. The minimum absolute atomic E-state index is 0.00300. The fraction of sp³-hybridized carbons (Fsp3) is 0.333. The van der Waals surface area contributed by atoms with Crippen LogP contribution in [0.3, 0.4) is 0 Å². The summed E-state index contributed by atoms with van der Waals surface area (Å²) in [6.07, 6.45) is 2.65. The van der Waals surface area contributed by atoms with Gasteiger partial charge in [0.25, 0.3) is 5.91 Å². The van der Waals surface area contributed by atoms with Crippen molar-refractivity contribution in [2.24, 2.45) is 0 Å². The molecular formula is C24H24FN3O3. The summed E-state index contributed by atoms with van der Waals surface area (Å²) in [6, 6.07) is 13.3.